The highest BCUT2D eigenvalue weighted by molar-refractivity contribution is 7.98. The van der Waals surface area contributed by atoms with Crippen molar-refractivity contribution in [2.24, 2.45) is 0 Å². The van der Waals surface area contributed by atoms with Crippen molar-refractivity contribution in [2.45, 2.75) is 30.7 Å². The molecule has 4 heterocycles. The molecule has 9 heteroatoms. The summed E-state index contributed by atoms with van der Waals surface area (Å²) >= 11 is 7.78. The third kappa shape index (κ3) is 3.93. The third-order valence-corrected chi connectivity index (χ3v) is 6.56. The van der Waals surface area contributed by atoms with Gasteiger partial charge in [-0.1, -0.05) is 35.5 Å². The first-order valence-corrected chi connectivity index (χ1v) is 11.5. The van der Waals surface area contributed by atoms with Gasteiger partial charge in [0, 0.05) is 36.1 Å². The zero-order valence-electron chi connectivity index (χ0n) is 17.0. The molecular weight excluding hydrogens is 432 g/mol. The number of aryl methyl sites for hydroxylation is 1. The monoisotopic (exact) mass is 452 g/mol. The molecule has 31 heavy (non-hydrogen) atoms. The Balaban J connectivity index is 1.50. The van der Waals surface area contributed by atoms with Gasteiger partial charge in [0.15, 0.2) is 5.16 Å². The minimum atomic E-state index is -0.0848. The van der Waals surface area contributed by atoms with Crippen LogP contribution in [0.3, 0.4) is 0 Å². The predicted octanol–water partition coefficient (Wildman–Crippen LogP) is 4.13. The number of fused-ring (bicyclic) bond motifs is 1. The van der Waals surface area contributed by atoms with Crippen LogP contribution in [0.4, 0.5) is 5.95 Å². The second-order valence-corrected chi connectivity index (χ2v) is 8.93. The summed E-state index contributed by atoms with van der Waals surface area (Å²) in [5.74, 6) is 1.34. The molecule has 3 aromatic heterocycles. The Morgan fingerprint density at radius 3 is 2.74 bits per heavy atom. The first kappa shape index (κ1) is 20.1. The van der Waals surface area contributed by atoms with E-state index in [4.69, 9.17) is 16.6 Å². The molecule has 0 spiro atoms. The second-order valence-electron chi connectivity index (χ2n) is 7.55. The number of halogens is 1. The number of anilines is 1. The zero-order chi connectivity index (χ0) is 21.4. The Labute approximate surface area is 188 Å². The first-order chi connectivity index (χ1) is 15.1. The van der Waals surface area contributed by atoms with Crippen molar-refractivity contribution in [3.05, 3.63) is 75.3 Å². The molecule has 0 radical (unpaired) electrons. The Morgan fingerprint density at radius 2 is 1.94 bits per heavy atom. The fourth-order valence-electron chi connectivity index (χ4n) is 3.84. The standard InChI is InChI=1S/C22H21ClN6OS/c1-15-6-5-11-28-19(30)13-17(24-20(15)28)14-31-22-26-25-21(27-9-2-3-10-27)29(22)18-8-4-7-16(23)12-18/h4-8,11-13H,2-3,9-10,14H2,1H3. The highest BCUT2D eigenvalue weighted by atomic mass is 35.5. The lowest BCUT2D eigenvalue weighted by Gasteiger charge is -2.18. The number of aromatic nitrogens is 5. The van der Waals surface area contributed by atoms with Crippen molar-refractivity contribution in [3.8, 4) is 5.69 Å². The number of pyridine rings is 1. The molecule has 0 N–H and O–H groups in total. The van der Waals surface area contributed by atoms with E-state index < -0.39 is 0 Å². The van der Waals surface area contributed by atoms with Crippen LogP contribution in [0.1, 0.15) is 24.1 Å². The normalized spacial score (nSPS) is 13.9. The van der Waals surface area contributed by atoms with Crippen LogP contribution in [0.15, 0.2) is 58.6 Å². The van der Waals surface area contributed by atoms with Gasteiger partial charge in [0.25, 0.3) is 5.56 Å². The largest absolute Gasteiger partial charge is 0.341 e. The molecule has 158 valence electrons. The molecule has 1 aromatic carbocycles. The van der Waals surface area contributed by atoms with Gasteiger partial charge in [-0.25, -0.2) is 4.98 Å². The molecule has 1 saturated heterocycles. The Hall–Kier alpha value is -2.84. The van der Waals surface area contributed by atoms with Crippen molar-refractivity contribution < 1.29 is 0 Å². The van der Waals surface area contributed by atoms with Gasteiger partial charge in [0.1, 0.15) is 5.65 Å². The van der Waals surface area contributed by atoms with Crippen LogP contribution in [0.25, 0.3) is 11.3 Å². The van der Waals surface area contributed by atoms with Gasteiger partial charge >= 0.3 is 0 Å². The van der Waals surface area contributed by atoms with E-state index in [1.165, 1.54) is 11.8 Å². The average molecular weight is 453 g/mol. The predicted molar refractivity (Wildman–Crippen MR) is 124 cm³/mol. The maximum atomic E-state index is 12.5. The second kappa shape index (κ2) is 8.36. The summed E-state index contributed by atoms with van der Waals surface area (Å²) in [4.78, 5) is 19.5. The van der Waals surface area contributed by atoms with Gasteiger partial charge in [-0.05, 0) is 49.6 Å². The molecule has 5 rings (SSSR count). The van der Waals surface area contributed by atoms with E-state index in [9.17, 15) is 4.79 Å². The molecule has 0 aliphatic carbocycles. The fourth-order valence-corrected chi connectivity index (χ4v) is 4.86. The molecule has 0 saturated carbocycles. The molecule has 0 atom stereocenters. The Kier molecular flexibility index (Phi) is 5.41. The summed E-state index contributed by atoms with van der Waals surface area (Å²) in [7, 11) is 0. The molecule has 0 amide bonds. The average Bonchev–Trinajstić information content (AvgIpc) is 3.43. The van der Waals surface area contributed by atoms with E-state index in [0.29, 0.717) is 22.1 Å². The molecular formula is C22H21ClN6OS. The molecule has 1 aliphatic heterocycles. The minimum Gasteiger partial charge on any atom is -0.341 e. The maximum absolute atomic E-state index is 12.5. The molecule has 0 bridgehead atoms. The van der Waals surface area contributed by atoms with E-state index in [0.717, 1.165) is 48.3 Å². The lowest BCUT2D eigenvalue weighted by molar-refractivity contribution is 0.841. The Morgan fingerprint density at radius 1 is 1.10 bits per heavy atom. The topological polar surface area (TPSA) is 68.3 Å². The zero-order valence-corrected chi connectivity index (χ0v) is 18.6. The highest BCUT2D eigenvalue weighted by Gasteiger charge is 2.22. The van der Waals surface area contributed by atoms with Gasteiger partial charge in [-0.2, -0.15) is 0 Å². The van der Waals surface area contributed by atoms with Crippen molar-refractivity contribution >= 4 is 35.0 Å². The van der Waals surface area contributed by atoms with Gasteiger partial charge in [0.05, 0.1) is 11.4 Å². The van der Waals surface area contributed by atoms with Crippen LogP contribution < -0.4 is 10.5 Å². The van der Waals surface area contributed by atoms with E-state index >= 15 is 0 Å². The van der Waals surface area contributed by atoms with Gasteiger partial charge in [-0.15, -0.1) is 10.2 Å². The molecule has 0 unspecified atom stereocenters. The summed E-state index contributed by atoms with van der Waals surface area (Å²) in [6.07, 6.45) is 4.04. The number of hydrogen-bond donors (Lipinski definition) is 0. The number of thioether (sulfide) groups is 1. The van der Waals surface area contributed by atoms with Crippen molar-refractivity contribution in [1.82, 2.24) is 24.1 Å². The lowest BCUT2D eigenvalue weighted by atomic mass is 10.3. The highest BCUT2D eigenvalue weighted by Crippen LogP contribution is 2.30. The van der Waals surface area contributed by atoms with Crippen LogP contribution in [-0.4, -0.2) is 37.2 Å². The van der Waals surface area contributed by atoms with Gasteiger partial charge in [-0.3, -0.25) is 13.8 Å². The van der Waals surface area contributed by atoms with E-state index in [1.807, 2.05) is 47.9 Å². The third-order valence-electron chi connectivity index (χ3n) is 5.36. The lowest BCUT2D eigenvalue weighted by Crippen LogP contribution is -2.22. The maximum Gasteiger partial charge on any atom is 0.258 e. The van der Waals surface area contributed by atoms with E-state index in [1.54, 1.807) is 16.7 Å². The summed E-state index contributed by atoms with van der Waals surface area (Å²) in [5.41, 5.74) is 3.19. The number of nitrogens with zero attached hydrogens (tertiary/aromatic N) is 6. The summed E-state index contributed by atoms with van der Waals surface area (Å²) < 4.78 is 3.62. The molecule has 4 aromatic rings. The molecule has 7 nitrogen and oxygen atoms in total. The first-order valence-electron chi connectivity index (χ1n) is 10.2. The molecule has 1 aliphatic rings. The number of rotatable bonds is 5. The van der Waals surface area contributed by atoms with E-state index in [2.05, 4.69) is 15.1 Å². The summed E-state index contributed by atoms with van der Waals surface area (Å²) in [5, 5.41) is 10.4. The van der Waals surface area contributed by atoms with E-state index in [-0.39, 0.29) is 5.56 Å². The quantitative estimate of drug-likeness (QED) is 0.424. The Bertz CT molecular complexity index is 1310. The number of benzene rings is 1. The molecule has 1 fully saturated rings. The summed E-state index contributed by atoms with van der Waals surface area (Å²) in [6.45, 7) is 3.88. The van der Waals surface area contributed by atoms with Crippen molar-refractivity contribution in [2.75, 3.05) is 18.0 Å². The minimum absolute atomic E-state index is 0.0848. The van der Waals surface area contributed by atoms with Crippen LogP contribution >= 0.6 is 23.4 Å². The van der Waals surface area contributed by atoms with Crippen molar-refractivity contribution in [3.63, 3.8) is 0 Å². The van der Waals surface area contributed by atoms with Gasteiger partial charge in [0.2, 0.25) is 5.95 Å². The van der Waals surface area contributed by atoms with Gasteiger partial charge < -0.3 is 4.90 Å². The van der Waals surface area contributed by atoms with Crippen LogP contribution in [0.2, 0.25) is 5.02 Å². The number of hydrogen-bond acceptors (Lipinski definition) is 6. The van der Waals surface area contributed by atoms with Crippen LogP contribution in [-0.2, 0) is 5.75 Å². The fraction of sp³-hybridized carbons (Fsp3) is 0.273. The summed E-state index contributed by atoms with van der Waals surface area (Å²) in [6, 6.07) is 13.1. The van der Waals surface area contributed by atoms with Crippen LogP contribution in [0, 0.1) is 6.92 Å². The smallest absolute Gasteiger partial charge is 0.258 e. The van der Waals surface area contributed by atoms with Crippen LogP contribution in [0.5, 0.6) is 0 Å². The SMILES string of the molecule is Cc1cccn2c(=O)cc(CSc3nnc(N4CCCC4)n3-c3cccc(Cl)c3)nc12. The van der Waals surface area contributed by atoms with Crippen molar-refractivity contribution in [1.29, 1.82) is 0 Å².